The van der Waals surface area contributed by atoms with E-state index < -0.39 is 9.84 Å². The molecule has 1 aliphatic carbocycles. The van der Waals surface area contributed by atoms with Crippen LogP contribution in [-0.4, -0.2) is 19.4 Å². The predicted octanol–water partition coefficient (Wildman–Crippen LogP) is 2.49. The maximum Gasteiger partial charge on any atom is 0.153 e. The van der Waals surface area contributed by atoms with Gasteiger partial charge in [0.05, 0.1) is 11.0 Å². The summed E-state index contributed by atoms with van der Waals surface area (Å²) >= 11 is 0. The lowest BCUT2D eigenvalue weighted by molar-refractivity contribution is 0.317. The fourth-order valence-corrected chi connectivity index (χ4v) is 3.90. The second-order valence-electron chi connectivity index (χ2n) is 5.11. The van der Waals surface area contributed by atoms with Gasteiger partial charge < -0.3 is 0 Å². The van der Waals surface area contributed by atoms with Gasteiger partial charge in [-0.3, -0.25) is 0 Å². The summed E-state index contributed by atoms with van der Waals surface area (Å²) in [6, 6.07) is 0. The van der Waals surface area contributed by atoms with Gasteiger partial charge in [0.25, 0.3) is 0 Å². The van der Waals surface area contributed by atoms with Crippen LogP contribution in [0, 0.1) is 17.8 Å². The smallest absolute Gasteiger partial charge is 0.153 e. The van der Waals surface area contributed by atoms with Gasteiger partial charge in [0.1, 0.15) is 0 Å². The van der Waals surface area contributed by atoms with Crippen molar-refractivity contribution in [2.45, 2.75) is 45.8 Å². The van der Waals surface area contributed by atoms with Gasteiger partial charge in [-0.15, -0.1) is 0 Å². The van der Waals surface area contributed by atoms with Crippen LogP contribution in [0.5, 0.6) is 0 Å². The highest BCUT2D eigenvalue weighted by molar-refractivity contribution is 7.92. The predicted molar refractivity (Wildman–Crippen MR) is 60.0 cm³/mol. The minimum Gasteiger partial charge on any atom is -0.229 e. The second kappa shape index (κ2) is 4.21. The fourth-order valence-electron chi connectivity index (χ4n) is 1.74. The topological polar surface area (TPSA) is 34.1 Å². The number of hydrogen-bond donors (Lipinski definition) is 0. The fraction of sp³-hybridized carbons (Fsp3) is 1.00. The summed E-state index contributed by atoms with van der Waals surface area (Å²) in [5.74, 6) is 1.74. The highest BCUT2D eigenvalue weighted by Crippen LogP contribution is 2.32. The molecule has 0 bridgehead atoms. The Kier molecular flexibility index (Phi) is 3.62. The molecule has 2 nitrogen and oxygen atoms in total. The molecule has 2 atom stereocenters. The van der Waals surface area contributed by atoms with Crippen molar-refractivity contribution in [1.29, 1.82) is 0 Å². The number of sulfone groups is 1. The zero-order valence-corrected chi connectivity index (χ0v) is 10.5. The van der Waals surface area contributed by atoms with Crippen LogP contribution >= 0.6 is 0 Å². The lowest BCUT2D eigenvalue weighted by atomic mass is 9.87. The summed E-state index contributed by atoms with van der Waals surface area (Å²) in [6.45, 7) is 8.53. The largest absolute Gasteiger partial charge is 0.229 e. The van der Waals surface area contributed by atoms with Crippen LogP contribution in [0.15, 0.2) is 0 Å². The van der Waals surface area contributed by atoms with Crippen LogP contribution < -0.4 is 0 Å². The molecule has 0 heterocycles. The van der Waals surface area contributed by atoms with Crippen molar-refractivity contribution in [3.05, 3.63) is 0 Å². The summed E-state index contributed by atoms with van der Waals surface area (Å²) in [4.78, 5) is 0. The van der Waals surface area contributed by atoms with E-state index in [1.165, 1.54) is 0 Å². The first-order valence-corrected chi connectivity index (χ1v) is 7.27. The van der Waals surface area contributed by atoms with Gasteiger partial charge in [-0.1, -0.05) is 27.7 Å². The highest BCUT2D eigenvalue weighted by atomic mass is 32.2. The minimum absolute atomic E-state index is 0.00399. The summed E-state index contributed by atoms with van der Waals surface area (Å²) in [7, 11) is -2.76. The molecule has 84 valence electrons. The molecule has 3 heteroatoms. The molecule has 14 heavy (non-hydrogen) atoms. The van der Waals surface area contributed by atoms with Gasteiger partial charge in [-0.05, 0) is 30.6 Å². The zero-order chi connectivity index (χ0) is 10.9. The van der Waals surface area contributed by atoms with Crippen molar-refractivity contribution < 1.29 is 8.42 Å². The first-order valence-electron chi connectivity index (χ1n) is 5.56. The van der Waals surface area contributed by atoms with Gasteiger partial charge in [0, 0.05) is 0 Å². The number of rotatable bonds is 5. The summed E-state index contributed by atoms with van der Waals surface area (Å²) in [5.41, 5.74) is 0. The minimum atomic E-state index is -2.76. The molecule has 0 N–H and O–H groups in total. The Balaban J connectivity index is 2.51. The van der Waals surface area contributed by atoms with Gasteiger partial charge >= 0.3 is 0 Å². The Morgan fingerprint density at radius 3 is 2.00 bits per heavy atom. The van der Waals surface area contributed by atoms with E-state index in [1.54, 1.807) is 0 Å². The molecule has 0 saturated heterocycles. The molecule has 1 rings (SSSR count). The van der Waals surface area contributed by atoms with E-state index in [0.29, 0.717) is 23.5 Å². The Labute approximate surface area is 88.0 Å². The molecule has 0 aromatic heterocycles. The third-order valence-corrected chi connectivity index (χ3v) is 5.95. The van der Waals surface area contributed by atoms with Gasteiger partial charge in [-0.25, -0.2) is 8.42 Å². The quantitative estimate of drug-likeness (QED) is 0.710. The van der Waals surface area contributed by atoms with Gasteiger partial charge in [0.2, 0.25) is 0 Å². The maximum atomic E-state index is 11.7. The SMILES string of the molecule is CC(C)C(C)C(C)CS(=O)(=O)C1CC1. The normalized spacial score (nSPS) is 22.4. The molecule has 1 fully saturated rings. The Bertz CT molecular complexity index is 276. The zero-order valence-electron chi connectivity index (χ0n) is 9.66. The van der Waals surface area contributed by atoms with E-state index in [1.807, 2.05) is 0 Å². The summed E-state index contributed by atoms with van der Waals surface area (Å²) in [5, 5.41) is 0.00399. The van der Waals surface area contributed by atoms with E-state index in [2.05, 4.69) is 27.7 Å². The molecular weight excluding hydrogens is 196 g/mol. The first kappa shape index (κ1) is 12.0. The van der Waals surface area contributed by atoms with E-state index >= 15 is 0 Å². The Morgan fingerprint density at radius 1 is 1.14 bits per heavy atom. The summed E-state index contributed by atoms with van der Waals surface area (Å²) < 4.78 is 23.5. The average Bonchev–Trinajstić information content (AvgIpc) is 2.83. The van der Waals surface area contributed by atoms with E-state index in [9.17, 15) is 8.42 Å². The van der Waals surface area contributed by atoms with Crippen molar-refractivity contribution >= 4 is 9.84 Å². The van der Waals surface area contributed by atoms with Gasteiger partial charge in [0.15, 0.2) is 9.84 Å². The standard InChI is InChI=1S/C11H22O2S/c1-8(2)10(4)9(3)7-14(12,13)11-5-6-11/h8-11H,5-7H2,1-4H3. The third kappa shape index (κ3) is 2.97. The van der Waals surface area contributed by atoms with Crippen molar-refractivity contribution in [2.75, 3.05) is 5.75 Å². The van der Waals surface area contributed by atoms with Crippen LogP contribution in [0.2, 0.25) is 0 Å². The molecule has 1 aliphatic rings. The van der Waals surface area contributed by atoms with E-state index in [-0.39, 0.29) is 5.25 Å². The van der Waals surface area contributed by atoms with E-state index in [4.69, 9.17) is 0 Å². The molecule has 0 radical (unpaired) electrons. The van der Waals surface area contributed by atoms with Crippen LogP contribution in [0.4, 0.5) is 0 Å². The van der Waals surface area contributed by atoms with Crippen LogP contribution in [-0.2, 0) is 9.84 Å². The second-order valence-corrected chi connectivity index (χ2v) is 7.44. The number of hydrogen-bond acceptors (Lipinski definition) is 2. The van der Waals surface area contributed by atoms with Crippen LogP contribution in [0.1, 0.15) is 40.5 Å². The molecule has 0 aromatic rings. The van der Waals surface area contributed by atoms with Crippen molar-refractivity contribution in [3.8, 4) is 0 Å². The van der Waals surface area contributed by atoms with Crippen molar-refractivity contribution in [1.82, 2.24) is 0 Å². The first-order chi connectivity index (χ1) is 6.34. The molecule has 0 aliphatic heterocycles. The molecule has 0 amide bonds. The monoisotopic (exact) mass is 218 g/mol. The highest BCUT2D eigenvalue weighted by Gasteiger charge is 2.37. The van der Waals surface area contributed by atoms with E-state index in [0.717, 1.165) is 12.8 Å². The molecule has 0 aromatic carbocycles. The van der Waals surface area contributed by atoms with Crippen LogP contribution in [0.3, 0.4) is 0 Å². The molecule has 0 spiro atoms. The lowest BCUT2D eigenvalue weighted by Gasteiger charge is -2.23. The van der Waals surface area contributed by atoms with Crippen molar-refractivity contribution in [3.63, 3.8) is 0 Å². The average molecular weight is 218 g/mol. The maximum absolute atomic E-state index is 11.7. The molecule has 1 saturated carbocycles. The lowest BCUT2D eigenvalue weighted by Crippen LogP contribution is -2.24. The Hall–Kier alpha value is -0.0500. The third-order valence-electron chi connectivity index (χ3n) is 3.48. The van der Waals surface area contributed by atoms with Gasteiger partial charge in [-0.2, -0.15) is 0 Å². The van der Waals surface area contributed by atoms with Crippen molar-refractivity contribution in [2.24, 2.45) is 17.8 Å². The summed E-state index contributed by atoms with van der Waals surface area (Å²) in [6.07, 6.45) is 1.79. The Morgan fingerprint density at radius 2 is 1.64 bits per heavy atom. The molecule has 2 unspecified atom stereocenters. The molecular formula is C11H22O2S. The van der Waals surface area contributed by atoms with Crippen LogP contribution in [0.25, 0.3) is 0 Å².